The molecule has 0 heterocycles. The van der Waals surface area contributed by atoms with Crippen molar-refractivity contribution in [3.8, 4) is 0 Å². The van der Waals surface area contributed by atoms with E-state index >= 15 is 0 Å². The third-order valence-corrected chi connectivity index (χ3v) is 0.522. The molecular formula is C5H7KO3. The van der Waals surface area contributed by atoms with Gasteiger partial charge in [0.15, 0.2) is 5.78 Å². The Morgan fingerprint density at radius 1 is 1.67 bits per heavy atom. The van der Waals surface area contributed by atoms with Crippen molar-refractivity contribution in [1.29, 1.82) is 0 Å². The molecule has 9 heavy (non-hydrogen) atoms. The van der Waals surface area contributed by atoms with Crippen LogP contribution in [0.2, 0.25) is 0 Å². The van der Waals surface area contributed by atoms with Gasteiger partial charge in [0.2, 0.25) is 0 Å². The van der Waals surface area contributed by atoms with E-state index in [1.54, 1.807) is 0 Å². The van der Waals surface area contributed by atoms with E-state index < -0.39 is 5.95 Å². The molecule has 0 atom stereocenters. The van der Waals surface area contributed by atoms with Crippen LogP contribution in [0.5, 0.6) is 0 Å². The summed E-state index contributed by atoms with van der Waals surface area (Å²) in [6, 6.07) is 0. The van der Waals surface area contributed by atoms with Crippen LogP contribution in [0.4, 0.5) is 0 Å². The summed E-state index contributed by atoms with van der Waals surface area (Å²) in [5, 5.41) is 10.1. The van der Waals surface area contributed by atoms with E-state index in [9.17, 15) is 9.90 Å². The molecule has 0 saturated carbocycles. The van der Waals surface area contributed by atoms with Crippen LogP contribution in [-0.4, -0.2) is 12.9 Å². The number of ketones is 1. The van der Waals surface area contributed by atoms with Crippen LogP contribution < -0.4 is 56.5 Å². The fourth-order valence-corrected chi connectivity index (χ4v) is 0.225. The summed E-state index contributed by atoms with van der Waals surface area (Å²) >= 11 is 0. The van der Waals surface area contributed by atoms with E-state index in [0.29, 0.717) is 0 Å². The molecule has 0 aliphatic rings. The molecule has 0 radical (unpaired) electrons. The predicted octanol–water partition coefficient (Wildman–Crippen LogP) is -3.57. The second-order valence-electron chi connectivity index (χ2n) is 1.28. The Morgan fingerprint density at radius 3 is 2.22 bits per heavy atom. The van der Waals surface area contributed by atoms with E-state index in [-0.39, 0.29) is 57.2 Å². The minimum atomic E-state index is -0.600. The first-order chi connectivity index (χ1) is 3.66. The molecule has 0 aliphatic carbocycles. The molecule has 0 aliphatic heterocycles. The summed E-state index contributed by atoms with van der Waals surface area (Å²) in [6.45, 7) is 1.29. The van der Waals surface area contributed by atoms with Gasteiger partial charge < -0.3 is 9.84 Å². The SMILES string of the molecule is CO/C([O-])=C/C(C)=O.[K+]. The van der Waals surface area contributed by atoms with Crippen molar-refractivity contribution < 1.29 is 66.0 Å². The van der Waals surface area contributed by atoms with Gasteiger partial charge in [-0.15, -0.1) is 0 Å². The Labute approximate surface area is 96.5 Å². The molecule has 4 heteroatoms. The summed E-state index contributed by atoms with van der Waals surface area (Å²) in [4.78, 5) is 10.1. The first-order valence-corrected chi connectivity index (χ1v) is 2.10. The molecule has 0 rings (SSSR count). The predicted molar refractivity (Wildman–Crippen MR) is 25.8 cm³/mol. The number of rotatable bonds is 2. The average molecular weight is 154 g/mol. The van der Waals surface area contributed by atoms with Gasteiger partial charge in [0.05, 0.1) is 5.95 Å². The summed E-state index contributed by atoms with van der Waals surface area (Å²) in [5.74, 6) is -0.894. The molecule has 0 aromatic heterocycles. The third-order valence-electron chi connectivity index (χ3n) is 0.522. The number of carbonyl (C=O) groups is 1. The van der Waals surface area contributed by atoms with E-state index in [1.165, 1.54) is 14.0 Å². The van der Waals surface area contributed by atoms with Gasteiger partial charge >= 0.3 is 51.4 Å². The Balaban J connectivity index is 0. The zero-order valence-electron chi connectivity index (χ0n) is 5.80. The molecule has 0 N–H and O–H groups in total. The maximum atomic E-state index is 10.1. The molecule has 0 spiro atoms. The normalized spacial score (nSPS) is 9.78. The first-order valence-electron chi connectivity index (χ1n) is 2.10. The van der Waals surface area contributed by atoms with Gasteiger partial charge in [0.1, 0.15) is 0 Å². The van der Waals surface area contributed by atoms with Crippen LogP contribution >= 0.6 is 0 Å². The van der Waals surface area contributed by atoms with Crippen molar-refractivity contribution in [3.63, 3.8) is 0 Å². The van der Waals surface area contributed by atoms with Gasteiger partial charge in [0, 0.05) is 6.08 Å². The van der Waals surface area contributed by atoms with Crippen LogP contribution in [-0.2, 0) is 9.53 Å². The largest absolute Gasteiger partial charge is 1.00 e. The summed E-state index contributed by atoms with van der Waals surface area (Å²) < 4.78 is 4.15. The monoisotopic (exact) mass is 154 g/mol. The Bertz CT molecular complexity index is 119. The van der Waals surface area contributed by atoms with Crippen molar-refractivity contribution >= 4 is 5.78 Å². The molecule has 0 fully saturated rings. The summed E-state index contributed by atoms with van der Waals surface area (Å²) in [5.41, 5.74) is 0. The van der Waals surface area contributed by atoms with Crippen LogP contribution in [0, 0.1) is 0 Å². The number of methoxy groups -OCH3 is 1. The topological polar surface area (TPSA) is 49.4 Å². The third kappa shape index (κ3) is 8.65. The van der Waals surface area contributed by atoms with Gasteiger partial charge in [-0.25, -0.2) is 0 Å². The molecule has 3 nitrogen and oxygen atoms in total. The number of hydrogen-bond donors (Lipinski definition) is 0. The van der Waals surface area contributed by atoms with Crippen molar-refractivity contribution in [2.24, 2.45) is 0 Å². The van der Waals surface area contributed by atoms with Crippen LogP contribution in [0.15, 0.2) is 12.0 Å². The number of allylic oxidation sites excluding steroid dienone is 1. The summed E-state index contributed by atoms with van der Waals surface area (Å²) in [7, 11) is 1.22. The molecule has 46 valence electrons. The van der Waals surface area contributed by atoms with Crippen LogP contribution in [0.1, 0.15) is 6.92 Å². The molecule has 0 saturated heterocycles. The summed E-state index contributed by atoms with van der Waals surface area (Å²) in [6.07, 6.45) is 0.889. The van der Waals surface area contributed by atoms with E-state index in [4.69, 9.17) is 0 Å². The Hall–Kier alpha value is 0.646. The maximum Gasteiger partial charge on any atom is 1.00 e. The van der Waals surface area contributed by atoms with Crippen molar-refractivity contribution in [2.75, 3.05) is 7.11 Å². The van der Waals surface area contributed by atoms with E-state index in [0.717, 1.165) is 6.08 Å². The van der Waals surface area contributed by atoms with Crippen molar-refractivity contribution in [3.05, 3.63) is 12.0 Å². The molecule has 0 amide bonds. The fraction of sp³-hybridized carbons (Fsp3) is 0.400. The molecule has 0 bridgehead atoms. The van der Waals surface area contributed by atoms with Crippen molar-refractivity contribution in [1.82, 2.24) is 0 Å². The molecular weight excluding hydrogens is 147 g/mol. The van der Waals surface area contributed by atoms with Gasteiger partial charge in [-0.1, -0.05) is 0 Å². The Kier molecular flexibility index (Phi) is 9.27. The van der Waals surface area contributed by atoms with Gasteiger partial charge in [-0.3, -0.25) is 4.79 Å². The number of carbonyl (C=O) groups excluding carboxylic acids is 1. The quantitative estimate of drug-likeness (QED) is 0.235. The van der Waals surface area contributed by atoms with E-state index in [1.807, 2.05) is 0 Å². The second-order valence-corrected chi connectivity index (χ2v) is 1.28. The molecule has 0 aromatic rings. The van der Waals surface area contributed by atoms with Gasteiger partial charge in [-0.05, 0) is 14.0 Å². The fourth-order valence-electron chi connectivity index (χ4n) is 0.225. The smallest absolute Gasteiger partial charge is 0.616 e. The van der Waals surface area contributed by atoms with Crippen LogP contribution in [0.25, 0.3) is 0 Å². The van der Waals surface area contributed by atoms with Gasteiger partial charge in [0.25, 0.3) is 0 Å². The minimum Gasteiger partial charge on any atom is -0.616 e. The zero-order valence-corrected chi connectivity index (χ0v) is 8.93. The maximum absolute atomic E-state index is 10.1. The second kappa shape index (κ2) is 6.76. The minimum absolute atomic E-state index is 0. The standard InChI is InChI=1S/C5H8O3.K/c1-4(6)3-5(7)8-2;/h3,7H,1-2H3;/q;+1/p-1/b5-3+;. The van der Waals surface area contributed by atoms with E-state index in [2.05, 4.69) is 4.74 Å². The zero-order chi connectivity index (χ0) is 6.57. The average Bonchev–Trinajstić information content (AvgIpc) is 1.65. The molecule has 0 aromatic carbocycles. The van der Waals surface area contributed by atoms with Gasteiger partial charge in [-0.2, -0.15) is 0 Å². The number of ether oxygens (including phenoxy) is 1. The number of hydrogen-bond acceptors (Lipinski definition) is 3. The first kappa shape index (κ1) is 12.3. The molecule has 0 unspecified atom stereocenters. The van der Waals surface area contributed by atoms with Crippen LogP contribution in [0.3, 0.4) is 0 Å². The van der Waals surface area contributed by atoms with Crippen molar-refractivity contribution in [2.45, 2.75) is 6.92 Å². The Morgan fingerprint density at radius 2 is 2.11 bits per heavy atom.